The van der Waals surface area contributed by atoms with Gasteiger partial charge < -0.3 is 29.3 Å². The molecule has 7 nitrogen and oxygen atoms in total. The molecule has 0 aliphatic rings. The predicted octanol–water partition coefficient (Wildman–Crippen LogP) is -9.80. The molecule has 0 unspecified atom stereocenters. The van der Waals surface area contributed by atoms with Crippen molar-refractivity contribution in [3.05, 3.63) is 15.3 Å². The van der Waals surface area contributed by atoms with Gasteiger partial charge in [-0.2, -0.15) is 0 Å². The van der Waals surface area contributed by atoms with Crippen molar-refractivity contribution in [3.63, 3.8) is 0 Å². The van der Waals surface area contributed by atoms with Crippen molar-refractivity contribution in [2.45, 2.75) is 0 Å². The van der Waals surface area contributed by atoms with Gasteiger partial charge in [0.25, 0.3) is 0 Å². The first-order valence-corrected chi connectivity index (χ1v) is 1.94. The molecule has 0 aliphatic carbocycles. The average Bonchev–Trinajstić information content (AvgIpc) is 1.25. The second-order valence-corrected chi connectivity index (χ2v) is 0.791. The number of hydrogen-bond donors (Lipinski definition) is 0. The maximum Gasteiger partial charge on any atom is 1.00 e. The number of halogens is 1. The van der Waals surface area contributed by atoms with Crippen LogP contribution in [-0.4, -0.2) is 5.09 Å². The largest absolute Gasteiger partial charge is 1.00 e. The van der Waals surface area contributed by atoms with Crippen LogP contribution in [0.15, 0.2) is 0 Å². The Labute approximate surface area is 144 Å². The number of nitrogens with zero attached hydrogens (tertiary/aromatic N) is 1. The molecule has 0 atom stereocenters. The van der Waals surface area contributed by atoms with Gasteiger partial charge in [-0.25, -0.2) is 0 Å². The fourth-order valence-corrected chi connectivity index (χ4v) is 0. The maximum atomic E-state index is 8.41. The van der Waals surface area contributed by atoms with Gasteiger partial charge in [-0.05, 0) is 0 Å². The normalized spacial score (nSPS) is 6.00. The van der Waals surface area contributed by atoms with E-state index in [0.717, 1.165) is 0 Å². The second kappa shape index (κ2) is 17.7. The Morgan fingerprint density at radius 1 is 1.00 bits per heavy atom. The SMILES string of the molecule is O=[N+]([O-])[O-].[K+].[K+].[O-][Cl+2]([O-])[O-]. The topological polar surface area (TPSA) is 135 Å². The summed E-state index contributed by atoms with van der Waals surface area (Å²) in [5.41, 5.74) is 0. The predicted molar refractivity (Wildman–Crippen MR) is 10.4 cm³/mol. The molecule has 0 rings (SSSR count). The van der Waals surface area contributed by atoms with Gasteiger partial charge in [0.15, 0.2) is 0 Å². The summed E-state index contributed by atoms with van der Waals surface area (Å²) in [6, 6.07) is 0. The molecule has 50 valence electrons. The van der Waals surface area contributed by atoms with Crippen LogP contribution in [0.1, 0.15) is 0 Å². The minimum absolute atomic E-state index is 0. The molecule has 0 heterocycles. The molecular formula is ClK2NO6. The van der Waals surface area contributed by atoms with Crippen molar-refractivity contribution in [3.8, 4) is 0 Å². The molecule has 0 aliphatic heterocycles. The Balaban J connectivity index is -0.0000000300. The first-order valence-electron chi connectivity index (χ1n) is 1.01. The fraction of sp³-hybridized carbons (Fsp3) is 0. The molecule has 0 saturated carbocycles. The minimum Gasteiger partial charge on any atom is -0.357 e. The van der Waals surface area contributed by atoms with Crippen molar-refractivity contribution in [1.82, 2.24) is 0 Å². The number of rotatable bonds is 0. The van der Waals surface area contributed by atoms with Crippen LogP contribution in [-0.2, 0) is 0 Å². The first-order chi connectivity index (χ1) is 3.46. The third-order valence-corrected chi connectivity index (χ3v) is 0. The zero-order valence-electron chi connectivity index (χ0n) is 5.27. The van der Waals surface area contributed by atoms with Crippen molar-refractivity contribution in [2.75, 3.05) is 0 Å². The second-order valence-electron chi connectivity index (χ2n) is 0.413. The van der Waals surface area contributed by atoms with E-state index in [9.17, 15) is 0 Å². The van der Waals surface area contributed by atoms with Crippen LogP contribution >= 0.6 is 0 Å². The van der Waals surface area contributed by atoms with E-state index in [1.807, 2.05) is 0 Å². The Hall–Kier alpha value is 2.64. The van der Waals surface area contributed by atoms with Gasteiger partial charge in [-0.3, -0.25) is 0 Å². The molecule has 0 radical (unpaired) electrons. The van der Waals surface area contributed by atoms with Crippen LogP contribution in [0.4, 0.5) is 0 Å². The molecule has 0 aromatic heterocycles. The van der Waals surface area contributed by atoms with Gasteiger partial charge in [0.05, 0.1) is 15.9 Å². The number of hydrogen-bond acceptors (Lipinski definition) is 6. The molecular weight excluding hydrogens is 224 g/mol. The van der Waals surface area contributed by atoms with Crippen molar-refractivity contribution >= 4 is 0 Å². The molecule has 0 spiro atoms. The van der Waals surface area contributed by atoms with E-state index in [1.165, 1.54) is 0 Å². The van der Waals surface area contributed by atoms with Gasteiger partial charge >= 0.3 is 103 Å². The summed E-state index contributed by atoms with van der Waals surface area (Å²) in [6.45, 7) is 0. The summed E-state index contributed by atoms with van der Waals surface area (Å²) in [4.78, 5) is 8.25. The van der Waals surface area contributed by atoms with E-state index in [1.54, 1.807) is 0 Å². The minimum atomic E-state index is -2.85. The smallest absolute Gasteiger partial charge is 0.357 e. The fourth-order valence-electron chi connectivity index (χ4n) is 0. The summed E-state index contributed by atoms with van der Waals surface area (Å²) in [7, 11) is -2.85. The van der Waals surface area contributed by atoms with Crippen molar-refractivity contribution in [1.29, 1.82) is 0 Å². The first kappa shape index (κ1) is 22.9. The van der Waals surface area contributed by atoms with Gasteiger partial charge in [0, 0.05) is 0 Å². The van der Waals surface area contributed by atoms with Crippen LogP contribution in [0.2, 0.25) is 0 Å². The summed E-state index contributed by atoms with van der Waals surface area (Å²) >= 11 is 0. The standard InChI is InChI=1S/ClO3.2K.NO3/c2-1(3)4;;;2-1(3)4/q-1;2*+1;-1. The zero-order chi connectivity index (χ0) is 7.15. The van der Waals surface area contributed by atoms with E-state index < -0.39 is 15.9 Å². The monoisotopic (exact) mass is 223 g/mol. The molecule has 0 N–H and O–H groups in total. The van der Waals surface area contributed by atoms with E-state index in [4.69, 9.17) is 29.3 Å². The third-order valence-electron chi connectivity index (χ3n) is 0. The van der Waals surface area contributed by atoms with Gasteiger partial charge in [0.2, 0.25) is 0 Å². The van der Waals surface area contributed by atoms with Gasteiger partial charge in [-0.15, -0.1) is 0 Å². The Bertz CT molecular complexity index is 60.0. The molecule has 0 fully saturated rings. The summed E-state index contributed by atoms with van der Waals surface area (Å²) in [5.74, 6) is 0. The zero-order valence-corrected chi connectivity index (χ0v) is 12.3. The summed E-state index contributed by atoms with van der Waals surface area (Å²) in [5, 5.41) is 14.8. The van der Waals surface area contributed by atoms with E-state index >= 15 is 0 Å². The summed E-state index contributed by atoms with van der Waals surface area (Å²) < 4.78 is 25.2. The quantitative estimate of drug-likeness (QED) is 0.227. The van der Waals surface area contributed by atoms with Crippen LogP contribution in [0.5, 0.6) is 0 Å². The molecule has 10 heavy (non-hydrogen) atoms. The Morgan fingerprint density at radius 2 is 1.00 bits per heavy atom. The van der Waals surface area contributed by atoms with Crippen LogP contribution in [0.3, 0.4) is 0 Å². The van der Waals surface area contributed by atoms with E-state index in [2.05, 4.69) is 0 Å². The van der Waals surface area contributed by atoms with E-state index in [-0.39, 0.29) is 103 Å². The van der Waals surface area contributed by atoms with Crippen LogP contribution in [0, 0.1) is 26.1 Å². The summed E-state index contributed by atoms with van der Waals surface area (Å²) in [6.07, 6.45) is 0. The van der Waals surface area contributed by atoms with Crippen LogP contribution in [0.25, 0.3) is 0 Å². The Morgan fingerprint density at radius 3 is 1.00 bits per heavy atom. The molecule has 0 bridgehead atoms. The van der Waals surface area contributed by atoms with Crippen molar-refractivity contribution < 1.29 is 133 Å². The van der Waals surface area contributed by atoms with Gasteiger partial charge in [0.1, 0.15) is 0 Å². The maximum absolute atomic E-state index is 8.41. The molecule has 0 saturated heterocycles. The molecule has 0 aromatic carbocycles. The molecule has 10 heteroatoms. The Kier molecular flexibility index (Phi) is 40.5. The van der Waals surface area contributed by atoms with Crippen LogP contribution < -0.4 is 117 Å². The average molecular weight is 224 g/mol. The van der Waals surface area contributed by atoms with Crippen molar-refractivity contribution in [2.24, 2.45) is 0 Å². The molecule has 0 amide bonds. The molecule has 0 aromatic rings. The van der Waals surface area contributed by atoms with E-state index in [0.29, 0.717) is 0 Å². The van der Waals surface area contributed by atoms with Gasteiger partial charge in [-0.1, -0.05) is 0 Å². The third kappa shape index (κ3) is 142.